The second-order valence-corrected chi connectivity index (χ2v) is 6.44. The Morgan fingerprint density at radius 2 is 1.76 bits per heavy atom. The van der Waals surface area contributed by atoms with E-state index in [1.54, 1.807) is 0 Å². The highest BCUT2D eigenvalue weighted by atomic mass is 15.2. The summed E-state index contributed by atoms with van der Waals surface area (Å²) < 4.78 is 0. The van der Waals surface area contributed by atoms with Crippen LogP contribution in [0.15, 0.2) is 0 Å². The molecule has 1 aliphatic rings. The van der Waals surface area contributed by atoms with Crippen molar-refractivity contribution in [2.75, 3.05) is 19.6 Å². The first-order chi connectivity index (χ1) is 8.09. The van der Waals surface area contributed by atoms with Gasteiger partial charge in [0.1, 0.15) is 0 Å². The molecule has 1 atom stereocenters. The Kier molecular flexibility index (Phi) is 6.50. The predicted molar refractivity (Wildman–Crippen MR) is 76.2 cm³/mol. The minimum atomic E-state index is 0.553. The zero-order chi connectivity index (χ0) is 12.7. The minimum Gasteiger partial charge on any atom is -0.329 e. The topological polar surface area (TPSA) is 29.3 Å². The molecule has 0 aliphatic carbocycles. The SMILES string of the molecule is CCCCCCC(CN)N1CCC(C)(C)CC1. The first-order valence-corrected chi connectivity index (χ1v) is 7.53. The number of nitrogens with zero attached hydrogens (tertiary/aromatic N) is 1. The number of likely N-dealkylation sites (tertiary alicyclic amines) is 1. The van der Waals surface area contributed by atoms with Crippen LogP contribution >= 0.6 is 0 Å². The standard InChI is InChI=1S/C15H32N2/c1-4-5-6-7-8-14(13-16)17-11-9-15(2,3)10-12-17/h14H,4-13,16H2,1-3H3. The maximum Gasteiger partial charge on any atom is 0.0218 e. The highest BCUT2D eigenvalue weighted by molar-refractivity contribution is 4.83. The molecule has 1 aliphatic heterocycles. The van der Waals surface area contributed by atoms with Crippen LogP contribution in [0.4, 0.5) is 0 Å². The average Bonchev–Trinajstić information content (AvgIpc) is 2.30. The summed E-state index contributed by atoms with van der Waals surface area (Å²) >= 11 is 0. The van der Waals surface area contributed by atoms with E-state index in [0.717, 1.165) is 6.54 Å². The lowest BCUT2D eigenvalue weighted by Gasteiger charge is -2.40. The Labute approximate surface area is 108 Å². The van der Waals surface area contributed by atoms with Crippen molar-refractivity contribution in [3.63, 3.8) is 0 Å². The van der Waals surface area contributed by atoms with E-state index in [4.69, 9.17) is 5.73 Å². The summed E-state index contributed by atoms with van der Waals surface area (Å²) in [6.45, 7) is 10.4. The third kappa shape index (κ3) is 5.39. The van der Waals surface area contributed by atoms with Gasteiger partial charge in [-0.3, -0.25) is 4.90 Å². The molecule has 2 heteroatoms. The van der Waals surface area contributed by atoms with Gasteiger partial charge in [0.15, 0.2) is 0 Å². The molecule has 1 heterocycles. The van der Waals surface area contributed by atoms with Gasteiger partial charge >= 0.3 is 0 Å². The maximum atomic E-state index is 5.94. The van der Waals surface area contributed by atoms with E-state index < -0.39 is 0 Å². The fourth-order valence-corrected chi connectivity index (χ4v) is 2.75. The molecular formula is C15H32N2. The van der Waals surface area contributed by atoms with Crippen LogP contribution in [0.3, 0.4) is 0 Å². The van der Waals surface area contributed by atoms with Crippen molar-refractivity contribution in [2.24, 2.45) is 11.1 Å². The second kappa shape index (κ2) is 7.38. The monoisotopic (exact) mass is 240 g/mol. The van der Waals surface area contributed by atoms with E-state index in [2.05, 4.69) is 25.7 Å². The molecule has 2 N–H and O–H groups in total. The van der Waals surface area contributed by atoms with Crippen molar-refractivity contribution in [3.05, 3.63) is 0 Å². The molecule has 0 aromatic rings. The molecule has 102 valence electrons. The van der Waals surface area contributed by atoms with Gasteiger partial charge in [-0.15, -0.1) is 0 Å². The van der Waals surface area contributed by atoms with Gasteiger partial charge in [0.25, 0.3) is 0 Å². The summed E-state index contributed by atoms with van der Waals surface area (Å²) in [7, 11) is 0. The lowest BCUT2D eigenvalue weighted by molar-refractivity contribution is 0.0915. The van der Waals surface area contributed by atoms with Crippen LogP contribution < -0.4 is 5.73 Å². The van der Waals surface area contributed by atoms with Gasteiger partial charge in [0, 0.05) is 12.6 Å². The van der Waals surface area contributed by atoms with E-state index in [9.17, 15) is 0 Å². The highest BCUT2D eigenvalue weighted by Gasteiger charge is 2.28. The summed E-state index contributed by atoms with van der Waals surface area (Å²) in [5.74, 6) is 0. The Balaban J connectivity index is 2.26. The summed E-state index contributed by atoms with van der Waals surface area (Å²) in [5, 5.41) is 0. The van der Waals surface area contributed by atoms with Crippen molar-refractivity contribution in [2.45, 2.75) is 71.8 Å². The molecule has 0 bridgehead atoms. The van der Waals surface area contributed by atoms with Crippen molar-refractivity contribution < 1.29 is 0 Å². The molecule has 0 aromatic carbocycles. The predicted octanol–water partition coefficient (Wildman–Crippen LogP) is 3.41. The summed E-state index contributed by atoms with van der Waals surface area (Å²) in [6.07, 6.45) is 9.41. The molecule has 1 fully saturated rings. The maximum absolute atomic E-state index is 5.94. The quantitative estimate of drug-likeness (QED) is 0.691. The molecule has 2 nitrogen and oxygen atoms in total. The number of rotatable bonds is 7. The van der Waals surface area contributed by atoms with Gasteiger partial charge in [-0.25, -0.2) is 0 Å². The normalized spacial score (nSPS) is 22.6. The summed E-state index contributed by atoms with van der Waals surface area (Å²) in [5.41, 5.74) is 6.50. The van der Waals surface area contributed by atoms with Gasteiger partial charge in [0.2, 0.25) is 0 Å². The average molecular weight is 240 g/mol. The van der Waals surface area contributed by atoms with Crippen LogP contribution in [0.2, 0.25) is 0 Å². The molecule has 1 rings (SSSR count). The van der Waals surface area contributed by atoms with Gasteiger partial charge in [-0.1, -0.05) is 46.5 Å². The van der Waals surface area contributed by atoms with E-state index in [0.29, 0.717) is 11.5 Å². The zero-order valence-corrected chi connectivity index (χ0v) is 12.2. The number of nitrogens with two attached hydrogens (primary N) is 1. The van der Waals surface area contributed by atoms with Crippen LogP contribution in [-0.4, -0.2) is 30.6 Å². The highest BCUT2D eigenvalue weighted by Crippen LogP contribution is 2.31. The Hall–Kier alpha value is -0.0800. The molecule has 17 heavy (non-hydrogen) atoms. The van der Waals surface area contributed by atoms with Gasteiger partial charge < -0.3 is 5.73 Å². The second-order valence-electron chi connectivity index (χ2n) is 6.44. The molecule has 0 radical (unpaired) electrons. The van der Waals surface area contributed by atoms with Gasteiger partial charge in [-0.2, -0.15) is 0 Å². The Bertz CT molecular complexity index is 191. The van der Waals surface area contributed by atoms with Crippen molar-refractivity contribution >= 4 is 0 Å². The lowest BCUT2D eigenvalue weighted by atomic mass is 9.82. The van der Waals surface area contributed by atoms with E-state index in [-0.39, 0.29) is 0 Å². The number of hydrogen-bond donors (Lipinski definition) is 1. The number of unbranched alkanes of at least 4 members (excludes halogenated alkanes) is 3. The molecule has 0 amide bonds. The summed E-state index contributed by atoms with van der Waals surface area (Å²) in [4.78, 5) is 2.64. The van der Waals surface area contributed by atoms with Crippen LogP contribution in [0.1, 0.15) is 65.7 Å². The Morgan fingerprint density at radius 3 is 2.29 bits per heavy atom. The number of piperidine rings is 1. The molecule has 1 saturated heterocycles. The smallest absolute Gasteiger partial charge is 0.0218 e. The molecule has 0 saturated carbocycles. The fraction of sp³-hybridized carbons (Fsp3) is 1.00. The minimum absolute atomic E-state index is 0.553. The van der Waals surface area contributed by atoms with E-state index in [1.165, 1.54) is 58.0 Å². The molecule has 0 aromatic heterocycles. The van der Waals surface area contributed by atoms with Gasteiger partial charge in [-0.05, 0) is 37.8 Å². The van der Waals surface area contributed by atoms with Crippen molar-refractivity contribution in [1.29, 1.82) is 0 Å². The lowest BCUT2D eigenvalue weighted by Crippen LogP contribution is -2.46. The first kappa shape index (κ1) is 15.0. The van der Waals surface area contributed by atoms with Crippen LogP contribution in [0, 0.1) is 5.41 Å². The van der Waals surface area contributed by atoms with E-state index in [1.807, 2.05) is 0 Å². The molecular weight excluding hydrogens is 208 g/mol. The van der Waals surface area contributed by atoms with Crippen molar-refractivity contribution in [3.8, 4) is 0 Å². The molecule has 0 spiro atoms. The summed E-state index contributed by atoms with van der Waals surface area (Å²) in [6, 6.07) is 0.642. The zero-order valence-electron chi connectivity index (χ0n) is 12.2. The number of hydrogen-bond acceptors (Lipinski definition) is 2. The van der Waals surface area contributed by atoms with E-state index >= 15 is 0 Å². The third-order valence-electron chi connectivity index (χ3n) is 4.33. The van der Waals surface area contributed by atoms with Crippen molar-refractivity contribution in [1.82, 2.24) is 4.90 Å². The van der Waals surface area contributed by atoms with Gasteiger partial charge in [0.05, 0.1) is 0 Å². The van der Waals surface area contributed by atoms with Crippen LogP contribution in [-0.2, 0) is 0 Å². The first-order valence-electron chi connectivity index (χ1n) is 7.53. The molecule has 1 unspecified atom stereocenters. The Morgan fingerprint density at radius 1 is 1.12 bits per heavy atom. The van der Waals surface area contributed by atoms with Crippen LogP contribution in [0.25, 0.3) is 0 Å². The fourth-order valence-electron chi connectivity index (χ4n) is 2.75. The van der Waals surface area contributed by atoms with Crippen LogP contribution in [0.5, 0.6) is 0 Å². The largest absolute Gasteiger partial charge is 0.329 e. The third-order valence-corrected chi connectivity index (χ3v) is 4.33.